The van der Waals surface area contributed by atoms with Crippen molar-refractivity contribution >= 4 is 17.2 Å². The Morgan fingerprint density at radius 1 is 1.09 bits per heavy atom. The molecule has 0 saturated heterocycles. The molecule has 0 unspecified atom stereocenters. The molecule has 1 aromatic carbocycles. The Labute approximate surface area is 143 Å². The van der Waals surface area contributed by atoms with Crippen molar-refractivity contribution in [2.45, 2.75) is 39.8 Å². The van der Waals surface area contributed by atoms with Gasteiger partial charge in [0.2, 0.25) is 0 Å². The van der Waals surface area contributed by atoms with Gasteiger partial charge >= 0.3 is 0 Å². The molecule has 1 heterocycles. The average molecular weight is 330 g/mol. The maximum atomic E-state index is 12.5. The third-order valence-electron chi connectivity index (χ3n) is 3.94. The monoisotopic (exact) mass is 330 g/mol. The van der Waals surface area contributed by atoms with Crippen LogP contribution < -0.4 is 5.32 Å². The first-order valence-corrected chi connectivity index (χ1v) is 9.05. The quantitative estimate of drug-likeness (QED) is 0.822. The number of nitrogens with zero attached hydrogens (tertiary/aromatic N) is 1. The summed E-state index contributed by atoms with van der Waals surface area (Å²) >= 11 is 1.50. The molecule has 0 fully saturated rings. The smallest absolute Gasteiger partial charge is 0.262 e. The lowest BCUT2D eigenvalue weighted by Gasteiger charge is -2.30. The van der Waals surface area contributed by atoms with E-state index in [0.29, 0.717) is 18.6 Å². The van der Waals surface area contributed by atoms with Gasteiger partial charge in [0.15, 0.2) is 0 Å². The van der Waals surface area contributed by atoms with Gasteiger partial charge in [-0.1, -0.05) is 30.3 Å². The molecule has 23 heavy (non-hydrogen) atoms. The zero-order valence-electron chi connectivity index (χ0n) is 14.4. The first kappa shape index (κ1) is 17.7. The molecular formula is C19H26N2OS. The molecule has 3 nitrogen and oxygen atoms in total. The highest BCUT2D eigenvalue weighted by molar-refractivity contribution is 7.12. The second kappa shape index (κ2) is 8.27. The molecule has 2 aromatic rings. The van der Waals surface area contributed by atoms with E-state index in [4.69, 9.17) is 0 Å². The summed E-state index contributed by atoms with van der Waals surface area (Å²) in [5, 5.41) is 5.04. The molecule has 0 aliphatic carbocycles. The van der Waals surface area contributed by atoms with E-state index in [0.717, 1.165) is 22.5 Å². The highest BCUT2D eigenvalue weighted by atomic mass is 32.1. The van der Waals surface area contributed by atoms with Gasteiger partial charge in [0, 0.05) is 30.7 Å². The summed E-state index contributed by atoms with van der Waals surface area (Å²) < 4.78 is 0. The van der Waals surface area contributed by atoms with E-state index in [2.05, 4.69) is 37.9 Å². The van der Waals surface area contributed by atoms with Crippen LogP contribution in [0.1, 0.15) is 37.4 Å². The van der Waals surface area contributed by atoms with E-state index < -0.39 is 0 Å². The number of nitrogens with one attached hydrogen (secondary N) is 1. The molecule has 1 amide bonds. The lowest BCUT2D eigenvalue weighted by atomic mass is 10.1. The van der Waals surface area contributed by atoms with E-state index in [1.54, 1.807) is 0 Å². The van der Waals surface area contributed by atoms with E-state index in [-0.39, 0.29) is 5.91 Å². The Morgan fingerprint density at radius 2 is 1.74 bits per heavy atom. The van der Waals surface area contributed by atoms with Crippen LogP contribution in [0.4, 0.5) is 0 Å². The number of carbonyl (C=O) groups is 1. The summed E-state index contributed by atoms with van der Waals surface area (Å²) in [6, 6.07) is 13.0. The number of hydrogen-bond donors (Lipinski definition) is 1. The predicted octanol–water partition coefficient (Wildman–Crippen LogP) is 4.26. The lowest BCUT2D eigenvalue weighted by molar-refractivity contribution is 0.0944. The second-order valence-electron chi connectivity index (χ2n) is 6.21. The zero-order valence-corrected chi connectivity index (χ0v) is 15.2. The van der Waals surface area contributed by atoms with Crippen molar-refractivity contribution in [2.75, 3.05) is 13.1 Å². The number of hydrogen-bond acceptors (Lipinski definition) is 3. The van der Waals surface area contributed by atoms with Gasteiger partial charge in [-0.15, -0.1) is 11.3 Å². The molecular weight excluding hydrogens is 304 g/mol. The van der Waals surface area contributed by atoms with Crippen LogP contribution in [0, 0.1) is 0 Å². The van der Waals surface area contributed by atoms with Crippen molar-refractivity contribution in [2.24, 2.45) is 0 Å². The Bertz CT molecular complexity index is 611. The fourth-order valence-electron chi connectivity index (χ4n) is 2.82. The molecule has 0 aliphatic rings. The third kappa shape index (κ3) is 4.66. The van der Waals surface area contributed by atoms with Crippen LogP contribution in [0.3, 0.4) is 0 Å². The van der Waals surface area contributed by atoms with Crippen molar-refractivity contribution < 1.29 is 4.79 Å². The van der Waals surface area contributed by atoms with Crippen LogP contribution in [0.2, 0.25) is 0 Å². The Balaban J connectivity index is 1.99. The minimum Gasteiger partial charge on any atom is -0.350 e. The van der Waals surface area contributed by atoms with Crippen LogP contribution in [0.25, 0.3) is 11.1 Å². The molecule has 0 radical (unpaired) electrons. The molecule has 2 rings (SSSR count). The second-order valence-corrected chi connectivity index (χ2v) is 7.13. The van der Waals surface area contributed by atoms with Gasteiger partial charge in [-0.05, 0) is 44.7 Å². The topological polar surface area (TPSA) is 32.3 Å². The number of benzene rings is 1. The van der Waals surface area contributed by atoms with Gasteiger partial charge in [-0.3, -0.25) is 9.69 Å². The highest BCUT2D eigenvalue weighted by Crippen LogP contribution is 2.27. The number of carbonyl (C=O) groups excluding carboxylic acids is 1. The van der Waals surface area contributed by atoms with Gasteiger partial charge in [0.25, 0.3) is 5.91 Å². The van der Waals surface area contributed by atoms with Crippen LogP contribution in [0.5, 0.6) is 0 Å². The SMILES string of the molecule is CC(C)N(CCNC(=O)c1sccc1-c1ccccc1)C(C)C. The Kier molecular flexibility index (Phi) is 6.37. The molecule has 0 atom stereocenters. The Hall–Kier alpha value is -1.65. The maximum Gasteiger partial charge on any atom is 0.262 e. The summed E-state index contributed by atoms with van der Waals surface area (Å²) in [6.07, 6.45) is 0. The van der Waals surface area contributed by atoms with E-state index in [1.165, 1.54) is 11.3 Å². The number of thiophene rings is 1. The summed E-state index contributed by atoms with van der Waals surface area (Å²) in [5.41, 5.74) is 2.10. The maximum absolute atomic E-state index is 12.5. The van der Waals surface area contributed by atoms with Crippen molar-refractivity contribution in [1.29, 1.82) is 0 Å². The van der Waals surface area contributed by atoms with Crippen LogP contribution in [-0.2, 0) is 0 Å². The van der Waals surface area contributed by atoms with Gasteiger partial charge in [-0.2, -0.15) is 0 Å². The van der Waals surface area contributed by atoms with Crippen molar-refractivity contribution in [1.82, 2.24) is 10.2 Å². The van der Waals surface area contributed by atoms with Crippen LogP contribution >= 0.6 is 11.3 Å². The zero-order chi connectivity index (χ0) is 16.8. The number of amides is 1. The van der Waals surface area contributed by atoms with E-state index >= 15 is 0 Å². The fourth-order valence-corrected chi connectivity index (χ4v) is 3.65. The van der Waals surface area contributed by atoms with Gasteiger partial charge in [-0.25, -0.2) is 0 Å². The fraction of sp³-hybridized carbons (Fsp3) is 0.421. The van der Waals surface area contributed by atoms with Crippen molar-refractivity contribution in [3.05, 3.63) is 46.7 Å². The van der Waals surface area contributed by atoms with E-state index in [9.17, 15) is 4.79 Å². The molecule has 0 spiro atoms. The van der Waals surface area contributed by atoms with Gasteiger partial charge in [0.1, 0.15) is 0 Å². The first-order valence-electron chi connectivity index (χ1n) is 8.17. The summed E-state index contributed by atoms with van der Waals surface area (Å²) in [6.45, 7) is 10.3. The molecule has 0 aliphatic heterocycles. The summed E-state index contributed by atoms with van der Waals surface area (Å²) in [5.74, 6) is 0.0197. The van der Waals surface area contributed by atoms with Gasteiger partial charge < -0.3 is 5.32 Å². The molecule has 1 aromatic heterocycles. The standard InChI is InChI=1S/C19H26N2OS/c1-14(2)21(15(3)4)12-11-20-19(22)18-17(10-13-23-18)16-8-6-5-7-9-16/h5-10,13-15H,11-12H2,1-4H3,(H,20,22). The largest absolute Gasteiger partial charge is 0.350 e. The average Bonchev–Trinajstić information content (AvgIpc) is 3.01. The van der Waals surface area contributed by atoms with Crippen LogP contribution in [-0.4, -0.2) is 36.0 Å². The van der Waals surface area contributed by atoms with E-state index in [1.807, 2.05) is 41.8 Å². The molecule has 0 saturated carbocycles. The summed E-state index contributed by atoms with van der Waals surface area (Å²) in [7, 11) is 0. The van der Waals surface area contributed by atoms with Crippen LogP contribution in [0.15, 0.2) is 41.8 Å². The van der Waals surface area contributed by atoms with Gasteiger partial charge in [0.05, 0.1) is 4.88 Å². The minimum atomic E-state index is 0.0197. The molecule has 0 bridgehead atoms. The minimum absolute atomic E-state index is 0.0197. The molecule has 1 N–H and O–H groups in total. The molecule has 4 heteroatoms. The first-order chi connectivity index (χ1) is 11.0. The normalized spacial score (nSPS) is 11.4. The lowest BCUT2D eigenvalue weighted by Crippen LogP contribution is -2.42. The summed E-state index contributed by atoms with van der Waals surface area (Å²) in [4.78, 5) is 15.7. The number of rotatable bonds is 7. The highest BCUT2D eigenvalue weighted by Gasteiger charge is 2.16. The molecule has 124 valence electrons. The third-order valence-corrected chi connectivity index (χ3v) is 4.85. The Morgan fingerprint density at radius 3 is 2.35 bits per heavy atom. The van der Waals surface area contributed by atoms with Crippen molar-refractivity contribution in [3.63, 3.8) is 0 Å². The predicted molar refractivity (Wildman–Crippen MR) is 99.1 cm³/mol. The van der Waals surface area contributed by atoms with Crippen molar-refractivity contribution in [3.8, 4) is 11.1 Å².